The number of ether oxygens (including phenoxy) is 1. The number of nitrogens with zero attached hydrogens (tertiary/aromatic N) is 5. The van der Waals surface area contributed by atoms with Crippen LogP contribution in [0.25, 0.3) is 11.4 Å². The topological polar surface area (TPSA) is 95.4 Å². The fourth-order valence-electron chi connectivity index (χ4n) is 2.72. The summed E-state index contributed by atoms with van der Waals surface area (Å²) in [6, 6.07) is 14.0. The lowest BCUT2D eigenvalue weighted by atomic mass is 10.1. The molecule has 0 N–H and O–H groups in total. The van der Waals surface area contributed by atoms with Gasteiger partial charge in [-0.25, -0.2) is 0 Å². The molecule has 0 unspecified atom stereocenters. The minimum Gasteiger partial charge on any atom is -0.494 e. The van der Waals surface area contributed by atoms with Gasteiger partial charge < -0.3 is 4.74 Å². The van der Waals surface area contributed by atoms with Crippen LogP contribution in [-0.4, -0.2) is 37.9 Å². The highest BCUT2D eigenvalue weighted by atomic mass is 32.2. The molecule has 0 saturated heterocycles. The molecule has 0 saturated carbocycles. The molecule has 1 aromatic heterocycles. The highest BCUT2D eigenvalue weighted by Gasteiger charge is 2.21. The van der Waals surface area contributed by atoms with Crippen LogP contribution in [0.15, 0.2) is 58.8 Å². The largest absolute Gasteiger partial charge is 0.494 e. The Bertz CT molecular complexity index is 1030. The molecule has 1 aliphatic rings. The summed E-state index contributed by atoms with van der Waals surface area (Å²) in [6.07, 6.45) is 0. The standard InChI is InChI=1S/C18H15N5O3S/c1-2-26-15-5-3-4-13(10-15)17-19-20-18-22(17)21-16(11-27-18)12-6-8-14(9-7-12)23(24)25/h3-10H,2,11H2,1H3. The van der Waals surface area contributed by atoms with Crippen LogP contribution in [0.5, 0.6) is 5.75 Å². The van der Waals surface area contributed by atoms with Gasteiger partial charge in [-0.15, -0.1) is 10.2 Å². The van der Waals surface area contributed by atoms with Crippen molar-refractivity contribution in [3.8, 4) is 17.1 Å². The Morgan fingerprint density at radius 3 is 2.74 bits per heavy atom. The number of hydrogen-bond acceptors (Lipinski definition) is 7. The zero-order valence-corrected chi connectivity index (χ0v) is 15.2. The van der Waals surface area contributed by atoms with Gasteiger partial charge in [-0.1, -0.05) is 23.9 Å². The van der Waals surface area contributed by atoms with E-state index in [1.54, 1.807) is 16.8 Å². The summed E-state index contributed by atoms with van der Waals surface area (Å²) in [5.74, 6) is 2.00. The number of aromatic nitrogens is 3. The Balaban J connectivity index is 1.71. The molecule has 2 heterocycles. The summed E-state index contributed by atoms with van der Waals surface area (Å²) >= 11 is 1.53. The molecule has 0 spiro atoms. The second-order valence-corrected chi connectivity index (χ2v) is 6.66. The van der Waals surface area contributed by atoms with Crippen molar-refractivity contribution in [2.24, 2.45) is 5.10 Å². The minimum absolute atomic E-state index is 0.0567. The Labute approximate surface area is 159 Å². The van der Waals surface area contributed by atoms with Crippen molar-refractivity contribution in [2.45, 2.75) is 12.1 Å². The third-order valence-corrected chi connectivity index (χ3v) is 4.92. The molecule has 136 valence electrons. The van der Waals surface area contributed by atoms with Crippen molar-refractivity contribution in [1.29, 1.82) is 0 Å². The third-order valence-electron chi connectivity index (χ3n) is 3.99. The number of rotatable bonds is 5. The first kappa shape index (κ1) is 17.2. The fraction of sp³-hybridized carbons (Fsp3) is 0.167. The van der Waals surface area contributed by atoms with Crippen molar-refractivity contribution in [3.63, 3.8) is 0 Å². The number of non-ortho nitro benzene ring substituents is 1. The molecule has 8 nitrogen and oxygen atoms in total. The molecule has 0 bridgehead atoms. The quantitative estimate of drug-likeness (QED) is 0.495. The lowest BCUT2D eigenvalue weighted by Crippen LogP contribution is -2.13. The van der Waals surface area contributed by atoms with Gasteiger partial charge in [0.1, 0.15) is 5.75 Å². The van der Waals surface area contributed by atoms with E-state index in [4.69, 9.17) is 4.74 Å². The van der Waals surface area contributed by atoms with E-state index in [1.807, 2.05) is 31.2 Å². The van der Waals surface area contributed by atoms with Gasteiger partial charge in [0.2, 0.25) is 5.16 Å². The van der Waals surface area contributed by atoms with E-state index in [1.165, 1.54) is 23.9 Å². The smallest absolute Gasteiger partial charge is 0.269 e. The maximum atomic E-state index is 10.8. The summed E-state index contributed by atoms with van der Waals surface area (Å²) in [5, 5.41) is 24.7. The Kier molecular flexibility index (Phi) is 4.59. The normalized spacial score (nSPS) is 13.0. The molecule has 3 aromatic rings. The molecular formula is C18H15N5O3S. The number of nitro benzene ring substituents is 1. The molecule has 0 amide bonds. The molecule has 1 aliphatic heterocycles. The summed E-state index contributed by atoms with van der Waals surface area (Å²) in [4.78, 5) is 10.4. The van der Waals surface area contributed by atoms with Crippen molar-refractivity contribution < 1.29 is 9.66 Å². The molecule has 0 radical (unpaired) electrons. The monoisotopic (exact) mass is 381 g/mol. The first-order valence-electron chi connectivity index (χ1n) is 8.30. The predicted octanol–water partition coefficient (Wildman–Crippen LogP) is 3.61. The van der Waals surface area contributed by atoms with Crippen LogP contribution in [0, 0.1) is 10.1 Å². The minimum atomic E-state index is -0.414. The molecule has 2 aromatic carbocycles. The second kappa shape index (κ2) is 7.20. The molecular weight excluding hydrogens is 366 g/mol. The molecule has 4 rings (SSSR count). The van der Waals surface area contributed by atoms with E-state index < -0.39 is 4.92 Å². The summed E-state index contributed by atoms with van der Waals surface area (Å²) in [6.45, 7) is 2.52. The van der Waals surface area contributed by atoms with Crippen LogP contribution in [0.1, 0.15) is 12.5 Å². The Hall–Kier alpha value is -3.20. The van der Waals surface area contributed by atoms with Crippen molar-refractivity contribution in [1.82, 2.24) is 14.9 Å². The summed E-state index contributed by atoms with van der Waals surface area (Å²) in [7, 11) is 0. The van der Waals surface area contributed by atoms with Gasteiger partial charge in [-0.2, -0.15) is 9.78 Å². The lowest BCUT2D eigenvalue weighted by Gasteiger charge is -2.14. The van der Waals surface area contributed by atoms with E-state index >= 15 is 0 Å². The summed E-state index contributed by atoms with van der Waals surface area (Å²) in [5.41, 5.74) is 2.56. The number of nitro groups is 1. The van der Waals surface area contributed by atoms with Crippen molar-refractivity contribution >= 4 is 23.2 Å². The van der Waals surface area contributed by atoms with E-state index in [-0.39, 0.29) is 5.69 Å². The number of thioether (sulfide) groups is 1. The second-order valence-electron chi connectivity index (χ2n) is 5.72. The van der Waals surface area contributed by atoms with E-state index in [9.17, 15) is 10.1 Å². The van der Waals surface area contributed by atoms with Gasteiger partial charge >= 0.3 is 0 Å². The van der Waals surface area contributed by atoms with Gasteiger partial charge in [0.25, 0.3) is 5.69 Å². The Morgan fingerprint density at radius 1 is 1.19 bits per heavy atom. The van der Waals surface area contributed by atoms with Crippen LogP contribution in [-0.2, 0) is 0 Å². The molecule has 27 heavy (non-hydrogen) atoms. The van der Waals surface area contributed by atoms with Gasteiger partial charge in [-0.3, -0.25) is 10.1 Å². The third kappa shape index (κ3) is 3.41. The van der Waals surface area contributed by atoms with Gasteiger partial charge in [0.05, 0.1) is 17.2 Å². The average molecular weight is 381 g/mol. The maximum Gasteiger partial charge on any atom is 0.269 e. The van der Waals surface area contributed by atoms with Gasteiger partial charge in [-0.05, 0) is 36.8 Å². The van der Waals surface area contributed by atoms with Crippen LogP contribution in [0.2, 0.25) is 0 Å². The lowest BCUT2D eigenvalue weighted by molar-refractivity contribution is -0.384. The van der Waals surface area contributed by atoms with E-state index in [0.717, 1.165) is 22.6 Å². The van der Waals surface area contributed by atoms with Crippen LogP contribution < -0.4 is 4.74 Å². The van der Waals surface area contributed by atoms with Crippen LogP contribution in [0.4, 0.5) is 5.69 Å². The van der Waals surface area contributed by atoms with E-state index in [0.29, 0.717) is 23.3 Å². The number of benzene rings is 2. The van der Waals surface area contributed by atoms with Crippen molar-refractivity contribution in [3.05, 3.63) is 64.2 Å². The maximum absolute atomic E-state index is 10.8. The van der Waals surface area contributed by atoms with Gasteiger partial charge in [0.15, 0.2) is 5.82 Å². The molecule has 0 atom stereocenters. The highest BCUT2D eigenvalue weighted by molar-refractivity contribution is 7.99. The zero-order chi connectivity index (χ0) is 18.8. The number of fused-ring (bicyclic) bond motifs is 1. The zero-order valence-electron chi connectivity index (χ0n) is 14.4. The van der Waals surface area contributed by atoms with Crippen molar-refractivity contribution in [2.75, 3.05) is 12.4 Å². The Morgan fingerprint density at radius 2 is 2.00 bits per heavy atom. The fourth-order valence-corrected chi connectivity index (χ4v) is 3.55. The molecule has 9 heteroatoms. The SMILES string of the molecule is CCOc1cccc(-c2nnc3n2N=C(c2ccc([N+](=O)[O-])cc2)CS3)c1. The number of hydrogen-bond donors (Lipinski definition) is 0. The van der Waals surface area contributed by atoms with E-state index in [2.05, 4.69) is 15.3 Å². The predicted molar refractivity (Wildman–Crippen MR) is 102 cm³/mol. The molecule has 0 aliphatic carbocycles. The molecule has 0 fully saturated rings. The first-order chi connectivity index (χ1) is 13.2. The highest BCUT2D eigenvalue weighted by Crippen LogP contribution is 2.30. The summed E-state index contributed by atoms with van der Waals surface area (Å²) < 4.78 is 7.26. The van der Waals surface area contributed by atoms with Crippen LogP contribution in [0.3, 0.4) is 0 Å². The average Bonchev–Trinajstić information content (AvgIpc) is 3.12. The van der Waals surface area contributed by atoms with Gasteiger partial charge in [0, 0.05) is 23.4 Å². The van der Waals surface area contributed by atoms with Crippen LogP contribution >= 0.6 is 11.8 Å². The first-order valence-corrected chi connectivity index (χ1v) is 9.28.